The molecule has 3 heterocycles. The molecule has 0 spiro atoms. The van der Waals surface area contributed by atoms with Crippen molar-refractivity contribution in [3.8, 4) is 11.5 Å². The van der Waals surface area contributed by atoms with Gasteiger partial charge in [0.2, 0.25) is 0 Å². The molecule has 3 aliphatic rings. The van der Waals surface area contributed by atoms with Gasteiger partial charge >= 0.3 is 6.03 Å². The molecule has 162 valence electrons. The zero-order chi connectivity index (χ0) is 21.9. The van der Waals surface area contributed by atoms with Crippen LogP contribution in [-0.4, -0.2) is 46.9 Å². The van der Waals surface area contributed by atoms with Crippen LogP contribution in [0.15, 0.2) is 24.3 Å². The van der Waals surface area contributed by atoms with Gasteiger partial charge in [-0.3, -0.25) is 14.5 Å². The highest BCUT2D eigenvalue weighted by Gasteiger charge is 2.50. The third-order valence-electron chi connectivity index (χ3n) is 6.39. The highest BCUT2D eigenvalue weighted by Crippen LogP contribution is 2.39. The van der Waals surface area contributed by atoms with E-state index in [0.29, 0.717) is 41.9 Å². The van der Waals surface area contributed by atoms with Crippen molar-refractivity contribution in [1.29, 1.82) is 0 Å². The summed E-state index contributed by atoms with van der Waals surface area (Å²) in [6.07, 6.45) is 2.23. The number of hydrogen-bond acceptors (Lipinski definition) is 5. The molecule has 1 saturated heterocycles. The number of hydrogen-bond donors (Lipinski definition) is 1. The van der Waals surface area contributed by atoms with Crippen molar-refractivity contribution < 1.29 is 23.9 Å². The Bertz CT molecular complexity index is 1120. The van der Waals surface area contributed by atoms with E-state index in [0.717, 1.165) is 29.1 Å². The van der Waals surface area contributed by atoms with Crippen LogP contribution in [-0.2, 0) is 10.3 Å². The Balaban J connectivity index is 1.39. The molecule has 8 nitrogen and oxygen atoms in total. The van der Waals surface area contributed by atoms with E-state index in [4.69, 9.17) is 9.47 Å². The maximum atomic E-state index is 13.3. The number of carbonyl (C=O) groups is 3. The Hall–Kier alpha value is -3.29. The SMILES string of the molecule is Cc1cc(C(=O)CN2C(=O)NC(C)(c3ccc4c(c3)OCCO4)C2=O)c(C)n1C1CC1. The minimum atomic E-state index is -1.28. The second-order valence-corrected chi connectivity index (χ2v) is 8.61. The average molecular weight is 423 g/mol. The maximum absolute atomic E-state index is 13.3. The minimum absolute atomic E-state index is 0.241. The van der Waals surface area contributed by atoms with Crippen LogP contribution in [0.1, 0.15) is 53.1 Å². The summed E-state index contributed by atoms with van der Waals surface area (Å²) in [5.41, 5.74) is 1.79. The maximum Gasteiger partial charge on any atom is 0.325 e. The number of rotatable bonds is 5. The normalized spacial score (nSPS) is 22.6. The van der Waals surface area contributed by atoms with Crippen molar-refractivity contribution in [2.75, 3.05) is 19.8 Å². The summed E-state index contributed by atoms with van der Waals surface area (Å²) in [6.45, 7) is 6.14. The lowest BCUT2D eigenvalue weighted by Gasteiger charge is -2.25. The Morgan fingerprint density at radius 1 is 1.13 bits per heavy atom. The lowest BCUT2D eigenvalue weighted by atomic mass is 9.91. The lowest BCUT2D eigenvalue weighted by Crippen LogP contribution is -2.41. The number of amides is 3. The molecule has 1 saturated carbocycles. The van der Waals surface area contributed by atoms with Crippen molar-refractivity contribution in [3.05, 3.63) is 46.8 Å². The number of carbonyl (C=O) groups excluding carboxylic acids is 3. The quantitative estimate of drug-likeness (QED) is 0.590. The first-order chi connectivity index (χ1) is 14.8. The summed E-state index contributed by atoms with van der Waals surface area (Å²) < 4.78 is 13.3. The molecule has 1 atom stereocenters. The molecule has 1 aromatic heterocycles. The van der Waals surface area contributed by atoms with E-state index in [1.54, 1.807) is 25.1 Å². The number of benzene rings is 1. The average Bonchev–Trinajstić information content (AvgIpc) is 3.50. The van der Waals surface area contributed by atoms with Crippen molar-refractivity contribution in [2.24, 2.45) is 0 Å². The van der Waals surface area contributed by atoms with Crippen LogP contribution >= 0.6 is 0 Å². The van der Waals surface area contributed by atoms with Gasteiger partial charge in [-0.25, -0.2) is 4.79 Å². The standard InChI is InChI=1S/C23H25N3O5/c1-13-10-17(14(2)26(13)16-5-6-16)18(27)12-25-21(28)23(3,24-22(25)29)15-4-7-19-20(11-15)31-9-8-30-19/h4,7,10-11,16H,5-6,8-9,12H2,1-3H3,(H,24,29). The fourth-order valence-electron chi connectivity index (χ4n) is 4.57. The zero-order valence-electron chi connectivity index (χ0n) is 17.9. The second kappa shape index (κ2) is 6.87. The molecule has 1 aromatic carbocycles. The summed E-state index contributed by atoms with van der Waals surface area (Å²) in [5.74, 6) is 0.441. The summed E-state index contributed by atoms with van der Waals surface area (Å²) in [6, 6.07) is 6.91. The Morgan fingerprint density at radius 2 is 1.84 bits per heavy atom. The number of ether oxygens (including phenoxy) is 2. The molecule has 0 bridgehead atoms. The van der Waals surface area contributed by atoms with Crippen LogP contribution in [0.5, 0.6) is 11.5 Å². The number of nitrogens with one attached hydrogen (secondary N) is 1. The topological polar surface area (TPSA) is 89.9 Å². The number of nitrogens with zero attached hydrogens (tertiary/aromatic N) is 2. The summed E-state index contributed by atoms with van der Waals surface area (Å²) in [4.78, 5) is 40.0. The fraction of sp³-hybridized carbons (Fsp3) is 0.435. The van der Waals surface area contributed by atoms with Crippen LogP contribution in [0.4, 0.5) is 4.79 Å². The van der Waals surface area contributed by atoms with Gasteiger partial charge in [0.15, 0.2) is 17.3 Å². The van der Waals surface area contributed by atoms with Crippen LogP contribution in [0.25, 0.3) is 0 Å². The number of aryl methyl sites for hydroxylation is 1. The highest BCUT2D eigenvalue weighted by molar-refractivity contribution is 6.11. The van der Waals surface area contributed by atoms with Crippen LogP contribution in [0.2, 0.25) is 0 Å². The number of ketones is 1. The summed E-state index contributed by atoms with van der Waals surface area (Å²) in [5, 5.41) is 2.75. The van der Waals surface area contributed by atoms with Gasteiger partial charge in [0.1, 0.15) is 18.8 Å². The zero-order valence-corrected chi connectivity index (χ0v) is 17.9. The lowest BCUT2D eigenvalue weighted by molar-refractivity contribution is -0.130. The largest absolute Gasteiger partial charge is 0.486 e. The minimum Gasteiger partial charge on any atom is -0.486 e. The molecule has 5 rings (SSSR count). The van der Waals surface area contributed by atoms with E-state index in [1.165, 1.54) is 0 Å². The molecular weight excluding hydrogens is 398 g/mol. The molecule has 31 heavy (non-hydrogen) atoms. The first-order valence-electron chi connectivity index (χ1n) is 10.6. The Labute approximate surface area is 180 Å². The van der Waals surface area contributed by atoms with Crippen molar-refractivity contribution >= 4 is 17.7 Å². The molecule has 1 aliphatic carbocycles. The monoisotopic (exact) mass is 423 g/mol. The third-order valence-corrected chi connectivity index (χ3v) is 6.39. The molecule has 2 aromatic rings. The Kier molecular flexibility index (Phi) is 4.35. The van der Waals surface area contributed by atoms with E-state index >= 15 is 0 Å². The van der Waals surface area contributed by atoms with Crippen molar-refractivity contribution in [3.63, 3.8) is 0 Å². The van der Waals surface area contributed by atoms with Crippen molar-refractivity contribution in [2.45, 2.75) is 45.2 Å². The highest BCUT2D eigenvalue weighted by atomic mass is 16.6. The van der Waals surface area contributed by atoms with Gasteiger partial charge in [-0.1, -0.05) is 6.07 Å². The first-order valence-corrected chi connectivity index (χ1v) is 10.6. The number of aromatic nitrogens is 1. The van der Waals surface area contributed by atoms with Gasteiger partial charge in [-0.05, 0) is 57.4 Å². The third kappa shape index (κ3) is 3.08. The molecule has 3 amide bonds. The molecule has 1 unspecified atom stereocenters. The van der Waals surface area contributed by atoms with Crippen molar-refractivity contribution in [1.82, 2.24) is 14.8 Å². The van der Waals surface area contributed by atoms with E-state index in [9.17, 15) is 14.4 Å². The van der Waals surface area contributed by atoms with Gasteiger partial charge in [0.05, 0.1) is 6.54 Å². The summed E-state index contributed by atoms with van der Waals surface area (Å²) >= 11 is 0. The predicted octanol–water partition coefficient (Wildman–Crippen LogP) is 2.86. The van der Waals surface area contributed by atoms with Gasteiger partial charge in [-0.15, -0.1) is 0 Å². The second-order valence-electron chi connectivity index (χ2n) is 8.61. The smallest absolute Gasteiger partial charge is 0.325 e. The summed E-state index contributed by atoms with van der Waals surface area (Å²) in [7, 11) is 0. The number of Topliss-reactive ketones (excluding diaryl/α,β-unsaturated/α-hetero) is 1. The van der Waals surface area contributed by atoms with Gasteiger partial charge in [0, 0.05) is 23.0 Å². The van der Waals surface area contributed by atoms with E-state index in [1.807, 2.05) is 19.9 Å². The first kappa shape index (κ1) is 19.7. The number of urea groups is 1. The van der Waals surface area contributed by atoms with Gasteiger partial charge in [0.25, 0.3) is 5.91 Å². The number of fused-ring (bicyclic) bond motifs is 1. The number of imide groups is 1. The molecule has 0 radical (unpaired) electrons. The molecule has 2 aliphatic heterocycles. The molecule has 2 fully saturated rings. The van der Waals surface area contributed by atoms with E-state index in [-0.39, 0.29) is 12.3 Å². The van der Waals surface area contributed by atoms with Gasteiger partial charge in [-0.2, -0.15) is 0 Å². The van der Waals surface area contributed by atoms with Crippen LogP contribution in [0, 0.1) is 13.8 Å². The van der Waals surface area contributed by atoms with E-state index < -0.39 is 17.5 Å². The Morgan fingerprint density at radius 3 is 2.55 bits per heavy atom. The van der Waals surface area contributed by atoms with Crippen LogP contribution < -0.4 is 14.8 Å². The molecular formula is C23H25N3O5. The molecule has 1 N–H and O–H groups in total. The van der Waals surface area contributed by atoms with Gasteiger partial charge < -0.3 is 19.4 Å². The van der Waals surface area contributed by atoms with Crippen LogP contribution in [0.3, 0.4) is 0 Å². The predicted molar refractivity (Wildman–Crippen MR) is 112 cm³/mol. The van der Waals surface area contributed by atoms with E-state index in [2.05, 4.69) is 9.88 Å². The fourth-order valence-corrected chi connectivity index (χ4v) is 4.57. The molecule has 8 heteroatoms.